The van der Waals surface area contributed by atoms with Crippen LogP contribution in [0.25, 0.3) is 0 Å². The van der Waals surface area contributed by atoms with Crippen LogP contribution in [-0.4, -0.2) is 57.0 Å². The summed E-state index contributed by atoms with van der Waals surface area (Å²) in [4.78, 5) is 21.8. The van der Waals surface area contributed by atoms with Gasteiger partial charge in [0.2, 0.25) is 5.91 Å². The van der Waals surface area contributed by atoms with Crippen LogP contribution in [-0.2, 0) is 9.59 Å². The SMILES string of the molecule is C/C=C/CC[C@H](O)[C@@H](O)C/C=C/C=C/CSC[C@H](NC(C)=O)C(=O)O. The first kappa shape index (κ1) is 23.4. The van der Waals surface area contributed by atoms with Crippen LogP contribution in [0, 0.1) is 0 Å². The summed E-state index contributed by atoms with van der Waals surface area (Å²) in [6.07, 6.45) is 11.2. The van der Waals surface area contributed by atoms with Crippen molar-refractivity contribution in [3.63, 3.8) is 0 Å². The number of thioether (sulfide) groups is 1. The first-order valence-electron chi connectivity index (χ1n) is 8.25. The molecule has 4 N–H and O–H groups in total. The van der Waals surface area contributed by atoms with E-state index in [1.165, 1.54) is 18.7 Å². The molecule has 0 aliphatic rings. The Morgan fingerprint density at radius 1 is 1.12 bits per heavy atom. The van der Waals surface area contributed by atoms with Gasteiger partial charge >= 0.3 is 5.97 Å². The van der Waals surface area contributed by atoms with Gasteiger partial charge in [0.15, 0.2) is 0 Å². The van der Waals surface area contributed by atoms with Gasteiger partial charge in [-0.3, -0.25) is 4.79 Å². The lowest BCUT2D eigenvalue weighted by Gasteiger charge is -2.15. The molecule has 0 aromatic rings. The van der Waals surface area contributed by atoms with Gasteiger partial charge in [-0.15, -0.1) is 0 Å². The smallest absolute Gasteiger partial charge is 0.327 e. The molecule has 0 radical (unpaired) electrons. The second-order valence-electron chi connectivity index (χ2n) is 5.50. The molecule has 0 fully saturated rings. The van der Waals surface area contributed by atoms with Gasteiger partial charge in [0.25, 0.3) is 0 Å². The number of carboxylic acids is 1. The summed E-state index contributed by atoms with van der Waals surface area (Å²) in [6.45, 7) is 3.20. The summed E-state index contributed by atoms with van der Waals surface area (Å²) in [5, 5.41) is 30.9. The highest BCUT2D eigenvalue weighted by Gasteiger charge is 2.17. The molecule has 0 saturated carbocycles. The van der Waals surface area contributed by atoms with E-state index >= 15 is 0 Å². The number of rotatable bonds is 13. The molecule has 3 atom stereocenters. The van der Waals surface area contributed by atoms with Crippen molar-refractivity contribution < 1.29 is 24.9 Å². The maximum absolute atomic E-state index is 10.9. The molecule has 25 heavy (non-hydrogen) atoms. The molecule has 0 aliphatic heterocycles. The van der Waals surface area contributed by atoms with E-state index < -0.39 is 24.2 Å². The Kier molecular flexibility index (Phi) is 13.8. The Hall–Kier alpha value is -1.57. The lowest BCUT2D eigenvalue weighted by Crippen LogP contribution is -2.41. The van der Waals surface area contributed by atoms with E-state index in [1.807, 2.05) is 25.2 Å². The highest BCUT2D eigenvalue weighted by Crippen LogP contribution is 2.08. The predicted octanol–water partition coefficient (Wildman–Crippen LogP) is 1.89. The van der Waals surface area contributed by atoms with E-state index in [0.29, 0.717) is 24.3 Å². The molecule has 7 heteroatoms. The van der Waals surface area contributed by atoms with Crippen LogP contribution in [0.1, 0.15) is 33.1 Å². The average molecular weight is 371 g/mol. The topological polar surface area (TPSA) is 107 Å². The van der Waals surface area contributed by atoms with E-state index in [4.69, 9.17) is 5.11 Å². The number of hydrogen-bond donors (Lipinski definition) is 4. The Morgan fingerprint density at radius 2 is 1.80 bits per heavy atom. The van der Waals surface area contributed by atoms with E-state index in [0.717, 1.165) is 6.42 Å². The number of carbonyl (C=O) groups excluding carboxylic acids is 1. The minimum atomic E-state index is -1.05. The number of hydrogen-bond acceptors (Lipinski definition) is 5. The first-order chi connectivity index (χ1) is 11.9. The fraction of sp³-hybridized carbons (Fsp3) is 0.556. The molecule has 0 unspecified atom stereocenters. The number of carboxylic acid groups (broad SMARTS) is 1. The molecule has 0 aliphatic carbocycles. The molecule has 0 bridgehead atoms. The third-order valence-electron chi connectivity index (χ3n) is 3.24. The van der Waals surface area contributed by atoms with Crippen LogP contribution < -0.4 is 5.32 Å². The molecule has 0 rings (SSSR count). The van der Waals surface area contributed by atoms with Gasteiger partial charge < -0.3 is 20.6 Å². The van der Waals surface area contributed by atoms with Crippen LogP contribution in [0.5, 0.6) is 0 Å². The average Bonchev–Trinajstić information content (AvgIpc) is 2.55. The van der Waals surface area contributed by atoms with Gasteiger partial charge in [-0.2, -0.15) is 11.8 Å². The molecule has 0 aromatic carbocycles. The summed E-state index contributed by atoms with van der Waals surface area (Å²) in [6, 6.07) is -0.884. The zero-order valence-corrected chi connectivity index (χ0v) is 15.6. The number of aliphatic carboxylic acids is 1. The van der Waals surface area contributed by atoms with E-state index in [-0.39, 0.29) is 5.91 Å². The normalized spacial score (nSPS) is 15.7. The fourth-order valence-corrected chi connectivity index (χ4v) is 2.73. The fourth-order valence-electron chi connectivity index (χ4n) is 1.89. The number of aliphatic hydroxyl groups excluding tert-OH is 2. The van der Waals surface area contributed by atoms with Crippen molar-refractivity contribution in [3.05, 3.63) is 36.5 Å². The monoisotopic (exact) mass is 371 g/mol. The van der Waals surface area contributed by atoms with Crippen molar-refractivity contribution >= 4 is 23.6 Å². The zero-order chi connectivity index (χ0) is 19.1. The molecule has 0 spiro atoms. The lowest BCUT2D eigenvalue weighted by molar-refractivity contribution is -0.140. The molecular formula is C18H29NO5S. The molecule has 0 heterocycles. The van der Waals surface area contributed by atoms with Crippen molar-refractivity contribution in [2.24, 2.45) is 0 Å². The van der Waals surface area contributed by atoms with Gasteiger partial charge in [-0.25, -0.2) is 4.79 Å². The highest BCUT2D eigenvalue weighted by molar-refractivity contribution is 7.99. The third kappa shape index (κ3) is 13.4. The Balaban J connectivity index is 3.94. The zero-order valence-electron chi connectivity index (χ0n) is 14.8. The summed E-state index contributed by atoms with van der Waals surface area (Å²) in [5.74, 6) is -0.506. The third-order valence-corrected chi connectivity index (χ3v) is 4.24. The number of nitrogens with one attached hydrogen (secondary N) is 1. The van der Waals surface area contributed by atoms with E-state index in [9.17, 15) is 19.8 Å². The van der Waals surface area contributed by atoms with Gasteiger partial charge in [0, 0.05) is 18.4 Å². The van der Waals surface area contributed by atoms with Crippen LogP contribution in [0.4, 0.5) is 0 Å². The first-order valence-corrected chi connectivity index (χ1v) is 9.40. The van der Waals surface area contributed by atoms with Gasteiger partial charge in [-0.1, -0.05) is 36.5 Å². The molecule has 0 aromatic heterocycles. The van der Waals surface area contributed by atoms with E-state index in [2.05, 4.69) is 5.32 Å². The Bertz CT molecular complexity index is 476. The molecule has 142 valence electrons. The standard InChI is InChI=1S/C18H29NO5S/c1-3-4-7-10-16(21)17(22)11-8-5-6-9-12-25-13-15(18(23)24)19-14(2)20/h3-6,8-9,15-17,21-22H,7,10-13H2,1-2H3,(H,19,20)(H,23,24)/b4-3+,8-5+,9-6+/t15-,16-,17-/m0/s1. The summed E-state index contributed by atoms with van der Waals surface area (Å²) in [7, 11) is 0. The van der Waals surface area contributed by atoms with Crippen LogP contribution in [0.3, 0.4) is 0 Å². The highest BCUT2D eigenvalue weighted by atomic mass is 32.2. The maximum atomic E-state index is 10.9. The predicted molar refractivity (Wildman–Crippen MR) is 102 cm³/mol. The second kappa shape index (κ2) is 14.7. The van der Waals surface area contributed by atoms with Gasteiger partial charge in [0.05, 0.1) is 12.2 Å². The van der Waals surface area contributed by atoms with Crippen LogP contribution >= 0.6 is 11.8 Å². The molecule has 1 amide bonds. The number of aliphatic hydroxyl groups is 2. The Morgan fingerprint density at radius 3 is 2.40 bits per heavy atom. The Labute approximate surface area is 153 Å². The number of allylic oxidation sites excluding steroid dienone is 4. The van der Waals surface area contributed by atoms with Gasteiger partial charge in [0.1, 0.15) is 6.04 Å². The van der Waals surface area contributed by atoms with Crippen molar-refractivity contribution in [2.45, 2.75) is 51.4 Å². The summed E-state index contributed by atoms with van der Waals surface area (Å²) >= 11 is 1.40. The minimum Gasteiger partial charge on any atom is -0.480 e. The molecular weight excluding hydrogens is 342 g/mol. The minimum absolute atomic E-state index is 0.292. The quantitative estimate of drug-likeness (QED) is 0.224. The second-order valence-corrected chi connectivity index (χ2v) is 6.58. The van der Waals surface area contributed by atoms with Crippen molar-refractivity contribution in [1.29, 1.82) is 0 Å². The van der Waals surface area contributed by atoms with Crippen molar-refractivity contribution in [1.82, 2.24) is 5.32 Å². The van der Waals surface area contributed by atoms with Crippen LogP contribution in [0.15, 0.2) is 36.5 Å². The van der Waals surface area contributed by atoms with E-state index in [1.54, 1.807) is 18.2 Å². The van der Waals surface area contributed by atoms with Crippen LogP contribution in [0.2, 0.25) is 0 Å². The van der Waals surface area contributed by atoms with Gasteiger partial charge in [-0.05, 0) is 26.2 Å². The number of amides is 1. The summed E-state index contributed by atoms with van der Waals surface area (Å²) < 4.78 is 0. The van der Waals surface area contributed by atoms with Crippen molar-refractivity contribution in [3.8, 4) is 0 Å². The summed E-state index contributed by atoms with van der Waals surface area (Å²) in [5.41, 5.74) is 0. The molecule has 0 saturated heterocycles. The molecule has 6 nitrogen and oxygen atoms in total. The largest absolute Gasteiger partial charge is 0.480 e. The van der Waals surface area contributed by atoms with Crippen molar-refractivity contribution in [2.75, 3.05) is 11.5 Å². The lowest BCUT2D eigenvalue weighted by atomic mass is 10.1. The maximum Gasteiger partial charge on any atom is 0.327 e. The number of carbonyl (C=O) groups is 2.